The number of hydrogen-bond acceptors (Lipinski definition) is 12. The number of ether oxygens (including phenoxy) is 2. The zero-order valence-electron chi connectivity index (χ0n) is 37.6. The Kier molecular flexibility index (Phi) is 14.1. The minimum Gasteiger partial charge on any atom is -0.465 e. The van der Waals surface area contributed by atoms with E-state index in [0.717, 1.165) is 11.1 Å². The fraction of sp³-hybridized carbons (Fsp3) is 0.143. The van der Waals surface area contributed by atoms with Crippen LogP contribution in [0.5, 0.6) is 0 Å². The fourth-order valence-electron chi connectivity index (χ4n) is 8.35. The lowest BCUT2D eigenvalue weighted by Gasteiger charge is -2.19. The molecule has 12 nitrogen and oxygen atoms in total. The summed E-state index contributed by atoms with van der Waals surface area (Å²) < 4.78 is 10.3. The minimum absolute atomic E-state index is 0.0186. The first-order valence-corrected chi connectivity index (χ1v) is 20.8. The van der Waals surface area contributed by atoms with E-state index in [9.17, 15) is 51.7 Å². The second-order valence-electron chi connectivity index (χ2n) is 15.8. The van der Waals surface area contributed by atoms with E-state index in [2.05, 4.69) is 0 Å². The molecule has 0 unspecified atom stereocenters. The van der Waals surface area contributed by atoms with Crippen molar-refractivity contribution < 1.29 is 19.1 Å². The molecular weight excluding hydrogens is 849 g/mol. The Morgan fingerprint density at radius 2 is 0.676 bits per heavy atom. The average Bonchev–Trinajstić information content (AvgIpc) is 3.66. The van der Waals surface area contributed by atoms with Crippen LogP contribution in [0.2, 0.25) is 0 Å². The maximum atomic E-state index is 13.4. The first kappa shape index (κ1) is 47.4. The monoisotopic (exact) mass is 884 g/mol. The highest BCUT2D eigenvalue weighted by molar-refractivity contribution is 6.22. The molecule has 0 spiro atoms. The average molecular weight is 885 g/mol. The topological polar surface area (TPSA) is 243 Å². The quantitative estimate of drug-likeness (QED) is 0.0708. The molecule has 0 saturated carbocycles. The normalized spacial score (nSPS) is 10.2. The minimum atomic E-state index is -0.716. The Morgan fingerprint density at radius 3 is 0.956 bits per heavy atom. The highest BCUT2D eigenvalue weighted by Crippen LogP contribution is 2.49. The van der Waals surface area contributed by atoms with E-state index >= 15 is 0 Å². The number of fused-ring (bicyclic) bond motifs is 3. The number of hydrogen-bond donors (Lipinski definition) is 0. The molecule has 0 aromatic heterocycles. The van der Waals surface area contributed by atoms with Gasteiger partial charge >= 0.3 is 11.9 Å². The Morgan fingerprint density at radius 1 is 0.382 bits per heavy atom. The molecule has 0 radical (unpaired) electrons. The second kappa shape index (κ2) is 20.2. The summed E-state index contributed by atoms with van der Waals surface area (Å²) in [7, 11) is 2.43. The summed E-state index contributed by atoms with van der Waals surface area (Å²) in [6.45, 7) is 7.89. The van der Waals surface area contributed by atoms with Crippen LogP contribution in [-0.4, -0.2) is 26.2 Å². The van der Waals surface area contributed by atoms with Gasteiger partial charge in [-0.2, -0.15) is 42.1 Å². The van der Waals surface area contributed by atoms with Gasteiger partial charge in [0, 0.05) is 22.3 Å². The smallest absolute Gasteiger partial charge is 0.338 e. The van der Waals surface area contributed by atoms with Crippen molar-refractivity contribution in [3.63, 3.8) is 0 Å². The Balaban J connectivity index is 1.78. The van der Waals surface area contributed by atoms with Crippen molar-refractivity contribution in [1.82, 2.24) is 0 Å². The highest BCUT2D eigenvalue weighted by Gasteiger charge is 2.32. The summed E-state index contributed by atoms with van der Waals surface area (Å²) in [5, 5.41) is 85.7. The molecular formula is C56H36N8O4. The molecule has 12 heteroatoms. The number of carbonyl (C=O) groups is 2. The molecule has 4 aliphatic carbocycles. The number of esters is 2. The van der Waals surface area contributed by atoms with Crippen molar-refractivity contribution in [3.05, 3.63) is 164 Å². The van der Waals surface area contributed by atoms with Gasteiger partial charge in [-0.05, 0) is 90.4 Å². The Hall–Kier alpha value is -10.1. The number of nitrogens with zero attached hydrogens (tertiary/aromatic N) is 8. The predicted molar refractivity (Wildman–Crippen MR) is 254 cm³/mol. The molecule has 2 aromatic carbocycles. The lowest BCUT2D eigenvalue weighted by atomic mass is 9.81. The van der Waals surface area contributed by atoms with Crippen LogP contribution in [0.15, 0.2) is 119 Å². The largest absolute Gasteiger partial charge is 0.465 e. The van der Waals surface area contributed by atoms with Crippen LogP contribution in [0, 0.1) is 90.6 Å². The van der Waals surface area contributed by atoms with Gasteiger partial charge in [-0.1, -0.05) is 113 Å². The first-order chi connectivity index (χ1) is 32.8. The maximum absolute atomic E-state index is 13.4. The zero-order chi connectivity index (χ0) is 49.4. The van der Waals surface area contributed by atoms with Crippen molar-refractivity contribution in [3.8, 4) is 70.8 Å². The van der Waals surface area contributed by atoms with Crippen molar-refractivity contribution in [1.29, 1.82) is 42.1 Å². The van der Waals surface area contributed by atoms with Gasteiger partial charge in [-0.15, -0.1) is 0 Å². The molecule has 4 aliphatic rings. The number of carbonyl (C=O) groups excluding carboxylic acids is 2. The molecule has 0 N–H and O–H groups in total. The molecule has 68 heavy (non-hydrogen) atoms. The molecule has 0 atom stereocenters. The molecule has 0 amide bonds. The van der Waals surface area contributed by atoms with E-state index in [1.807, 2.05) is 88.4 Å². The van der Waals surface area contributed by atoms with E-state index in [1.165, 1.54) is 26.4 Å². The van der Waals surface area contributed by atoms with Crippen LogP contribution < -0.4 is 0 Å². The van der Waals surface area contributed by atoms with Crippen molar-refractivity contribution in [2.75, 3.05) is 14.2 Å². The van der Waals surface area contributed by atoms with E-state index in [-0.39, 0.29) is 78.3 Å². The van der Waals surface area contributed by atoms with Gasteiger partial charge in [0.25, 0.3) is 0 Å². The molecule has 0 heterocycles. The summed E-state index contributed by atoms with van der Waals surface area (Å²) in [4.78, 5) is 26.9. The van der Waals surface area contributed by atoms with Crippen LogP contribution in [0.1, 0.15) is 93.6 Å². The number of nitriles is 8. The van der Waals surface area contributed by atoms with Gasteiger partial charge in [0.2, 0.25) is 0 Å². The third kappa shape index (κ3) is 8.37. The van der Waals surface area contributed by atoms with Crippen molar-refractivity contribution in [2.24, 2.45) is 0 Å². The molecule has 0 saturated heterocycles. The van der Waals surface area contributed by atoms with E-state index in [0.29, 0.717) is 22.3 Å². The van der Waals surface area contributed by atoms with E-state index in [4.69, 9.17) is 9.47 Å². The van der Waals surface area contributed by atoms with Crippen LogP contribution in [-0.2, 0) is 9.47 Å². The van der Waals surface area contributed by atoms with Crippen LogP contribution in [0.25, 0.3) is 55.3 Å². The lowest BCUT2D eigenvalue weighted by Crippen LogP contribution is -2.02. The molecule has 2 aromatic rings. The predicted octanol–water partition coefficient (Wildman–Crippen LogP) is 11.5. The molecule has 0 aliphatic heterocycles. The highest BCUT2D eigenvalue weighted by atomic mass is 16.5. The van der Waals surface area contributed by atoms with Gasteiger partial charge in [-0.25, -0.2) is 9.59 Å². The fourth-order valence-corrected chi connectivity index (χ4v) is 8.35. The Labute approximate surface area is 393 Å². The zero-order valence-corrected chi connectivity index (χ0v) is 37.6. The third-order valence-corrected chi connectivity index (χ3v) is 11.6. The van der Waals surface area contributed by atoms with Gasteiger partial charge in [0.15, 0.2) is 0 Å². The van der Waals surface area contributed by atoms with Crippen LogP contribution in [0.4, 0.5) is 0 Å². The van der Waals surface area contributed by atoms with Crippen LogP contribution >= 0.6 is 0 Å². The Bertz CT molecular complexity index is 3270. The lowest BCUT2D eigenvalue weighted by molar-refractivity contribution is 0.0593. The van der Waals surface area contributed by atoms with Gasteiger partial charge in [-0.3, -0.25) is 0 Å². The van der Waals surface area contributed by atoms with Gasteiger partial charge < -0.3 is 9.47 Å². The summed E-state index contributed by atoms with van der Waals surface area (Å²) in [6, 6.07) is 42.2. The number of methoxy groups -OCH3 is 2. The SMILES string of the molecule is COC(=O)c1cc(C(=C(C#N)C#N)C(=C(C#N)C#N)c2cccc3c(C(=C(C#N)C#N)C(=C(C#N)C#N)c4cc(C(=O)OC)c5cc(C(C)C)cccc4-5)cccc23)c2cccc(C(C)C)cc1-2. The van der Waals surface area contributed by atoms with Crippen LogP contribution in [0.3, 0.4) is 0 Å². The summed E-state index contributed by atoms with van der Waals surface area (Å²) in [5.41, 5.74) is 1.62. The van der Waals surface area contributed by atoms with E-state index < -0.39 is 34.2 Å². The second-order valence-corrected chi connectivity index (χ2v) is 15.8. The maximum Gasteiger partial charge on any atom is 0.338 e. The number of rotatable bonds is 10. The molecule has 6 rings (SSSR count). The molecule has 0 fully saturated rings. The first-order valence-electron chi connectivity index (χ1n) is 20.8. The summed E-state index contributed by atoms with van der Waals surface area (Å²) in [5.74, 6) is -1.40. The van der Waals surface area contributed by atoms with E-state index in [1.54, 1.807) is 72.8 Å². The van der Waals surface area contributed by atoms with Gasteiger partial charge in [0.05, 0.1) is 25.3 Å². The number of allylic oxidation sites excluding steroid dienone is 8. The standard InChI is InChI=1S/C56H36N8O4/c1-31(2)33-11-7-13-41-45(19-33)49(55(65)67-5)21-47(41)53(37(27-61)28-62)51(35(23-57)24-58)43-17-9-16-40-39(43)15-10-18-44(40)52(36(25-59)26-60)54(38(29-63)30-64)48-22-50(56(66)68-6)46-20-34(32(3)4)12-8-14-42(46)48/h7-22,31-32H,1-6H3. The molecule has 324 valence electrons. The molecule has 0 bridgehead atoms. The number of benzene rings is 2. The third-order valence-electron chi connectivity index (χ3n) is 11.6. The summed E-state index contributed by atoms with van der Waals surface area (Å²) in [6.07, 6.45) is 0. The summed E-state index contributed by atoms with van der Waals surface area (Å²) >= 11 is 0. The van der Waals surface area contributed by atoms with Crippen molar-refractivity contribution >= 4 is 45.0 Å². The van der Waals surface area contributed by atoms with Gasteiger partial charge in [0.1, 0.15) is 70.8 Å². The van der Waals surface area contributed by atoms with Crippen molar-refractivity contribution in [2.45, 2.75) is 39.5 Å².